The second-order valence-electron chi connectivity index (χ2n) is 9.09. The Morgan fingerprint density at radius 1 is 0.971 bits per heavy atom. The van der Waals surface area contributed by atoms with E-state index in [0.717, 1.165) is 46.4 Å². The number of rotatable bonds is 9. The van der Waals surface area contributed by atoms with Gasteiger partial charge in [0.05, 0.1) is 17.1 Å². The zero-order chi connectivity index (χ0) is 24.9. The molecule has 0 amide bonds. The second-order valence-corrected chi connectivity index (χ2v) is 10.0. The molecule has 2 aromatic heterocycles. The summed E-state index contributed by atoms with van der Waals surface area (Å²) in [6.45, 7) is 8.55. The van der Waals surface area contributed by atoms with Gasteiger partial charge in [0, 0.05) is 33.5 Å². The number of aryl methyl sites for hydroxylation is 3. The van der Waals surface area contributed by atoms with E-state index in [4.69, 9.17) is 4.98 Å². The zero-order valence-electron chi connectivity index (χ0n) is 21.0. The molecule has 0 spiro atoms. The lowest BCUT2D eigenvalue weighted by molar-refractivity contribution is 0.675. The smallest absolute Gasteiger partial charge is 0.282 e. The molecule has 0 unspecified atom stereocenters. The van der Waals surface area contributed by atoms with Crippen LogP contribution in [0, 0.1) is 13.8 Å². The monoisotopic (exact) mass is 532 g/mol. The van der Waals surface area contributed by atoms with Gasteiger partial charge in [0.15, 0.2) is 0 Å². The fourth-order valence-electron chi connectivity index (χ4n) is 4.44. The first-order valence-electron chi connectivity index (χ1n) is 12.5. The minimum atomic E-state index is -0.143. The van der Waals surface area contributed by atoms with Gasteiger partial charge in [0.1, 0.15) is 5.82 Å². The predicted octanol–water partition coefficient (Wildman–Crippen LogP) is 7.13. The lowest BCUT2D eigenvalue weighted by Gasteiger charge is -2.11. The zero-order valence-corrected chi connectivity index (χ0v) is 22.6. The van der Waals surface area contributed by atoms with Crippen molar-refractivity contribution in [1.29, 1.82) is 0 Å². The first-order chi connectivity index (χ1) is 16.9. The van der Waals surface area contributed by atoms with E-state index >= 15 is 0 Å². The Bertz CT molecular complexity index is 1410. The minimum Gasteiger partial charge on any atom is -0.318 e. The molecule has 0 aliphatic rings. The predicted molar refractivity (Wildman–Crippen MR) is 149 cm³/mol. The van der Waals surface area contributed by atoms with E-state index in [0.29, 0.717) is 23.1 Å². The minimum absolute atomic E-state index is 0.143. The molecule has 0 saturated heterocycles. The molecular weight excluding hydrogens is 500 g/mol. The molecule has 0 N–H and O–H groups in total. The van der Waals surface area contributed by atoms with E-state index in [9.17, 15) is 4.79 Å². The molecule has 0 aliphatic heterocycles. The Balaban J connectivity index is 1.72. The van der Waals surface area contributed by atoms with E-state index in [1.54, 1.807) is 6.21 Å². The molecule has 0 atom stereocenters. The van der Waals surface area contributed by atoms with Crippen molar-refractivity contribution in [2.45, 2.75) is 66.2 Å². The van der Waals surface area contributed by atoms with Crippen LogP contribution in [0.5, 0.6) is 0 Å². The van der Waals surface area contributed by atoms with Gasteiger partial charge in [-0.05, 0) is 75.1 Å². The van der Waals surface area contributed by atoms with Gasteiger partial charge < -0.3 is 4.57 Å². The molecule has 182 valence electrons. The number of unbranched alkanes of at least 4 members (excludes halogenated alkanes) is 2. The van der Waals surface area contributed by atoms with Crippen LogP contribution in [-0.2, 0) is 12.8 Å². The van der Waals surface area contributed by atoms with Crippen LogP contribution in [0.2, 0.25) is 0 Å². The molecule has 0 fully saturated rings. The number of nitrogens with zero attached hydrogens (tertiary/aromatic N) is 4. The summed E-state index contributed by atoms with van der Waals surface area (Å²) in [4.78, 5) is 18.1. The maximum atomic E-state index is 13.4. The van der Waals surface area contributed by atoms with Crippen molar-refractivity contribution in [3.63, 3.8) is 0 Å². The third kappa shape index (κ3) is 5.48. The van der Waals surface area contributed by atoms with Crippen LogP contribution in [0.25, 0.3) is 16.6 Å². The number of aromatic nitrogens is 3. The summed E-state index contributed by atoms with van der Waals surface area (Å²) in [5.41, 5.74) is 6.27. The lowest BCUT2D eigenvalue weighted by atomic mass is 10.1. The van der Waals surface area contributed by atoms with Gasteiger partial charge in [-0.25, -0.2) is 4.98 Å². The van der Waals surface area contributed by atoms with Crippen molar-refractivity contribution >= 4 is 33.0 Å². The summed E-state index contributed by atoms with van der Waals surface area (Å²) in [7, 11) is 0. The largest absolute Gasteiger partial charge is 0.318 e. The maximum absolute atomic E-state index is 13.4. The highest BCUT2D eigenvalue weighted by atomic mass is 79.9. The van der Waals surface area contributed by atoms with Crippen molar-refractivity contribution in [2.75, 3.05) is 0 Å². The molecule has 5 nitrogen and oxygen atoms in total. The molecule has 4 rings (SSSR count). The second kappa shape index (κ2) is 11.2. The van der Waals surface area contributed by atoms with E-state index in [1.807, 2.05) is 18.2 Å². The van der Waals surface area contributed by atoms with Crippen molar-refractivity contribution in [1.82, 2.24) is 14.2 Å². The summed E-state index contributed by atoms with van der Waals surface area (Å²) in [6.07, 6.45) is 8.00. The molecule has 0 saturated carbocycles. The highest BCUT2D eigenvalue weighted by molar-refractivity contribution is 9.10. The molecule has 35 heavy (non-hydrogen) atoms. The fraction of sp³-hybridized carbons (Fsp3) is 0.345. The van der Waals surface area contributed by atoms with Gasteiger partial charge in [0.25, 0.3) is 5.56 Å². The lowest BCUT2D eigenvalue weighted by Crippen LogP contribution is -2.22. The molecule has 0 radical (unpaired) electrons. The third-order valence-corrected chi connectivity index (χ3v) is 6.92. The van der Waals surface area contributed by atoms with Gasteiger partial charge in [0.2, 0.25) is 0 Å². The van der Waals surface area contributed by atoms with Crippen molar-refractivity contribution in [3.05, 3.63) is 91.7 Å². The van der Waals surface area contributed by atoms with Crippen molar-refractivity contribution in [2.24, 2.45) is 5.10 Å². The van der Waals surface area contributed by atoms with Crippen molar-refractivity contribution in [3.8, 4) is 5.69 Å². The van der Waals surface area contributed by atoms with Crippen LogP contribution in [0.3, 0.4) is 0 Å². The highest BCUT2D eigenvalue weighted by Gasteiger charge is 2.13. The van der Waals surface area contributed by atoms with Gasteiger partial charge in [-0.15, -0.1) is 0 Å². The van der Waals surface area contributed by atoms with E-state index < -0.39 is 0 Å². The summed E-state index contributed by atoms with van der Waals surface area (Å²) in [5, 5.41) is 5.21. The van der Waals surface area contributed by atoms with Crippen LogP contribution in [0.1, 0.15) is 67.9 Å². The van der Waals surface area contributed by atoms with Crippen LogP contribution < -0.4 is 5.56 Å². The summed E-state index contributed by atoms with van der Waals surface area (Å²) < 4.78 is 4.56. The summed E-state index contributed by atoms with van der Waals surface area (Å²) in [5.74, 6) is 0.694. The number of benzene rings is 2. The molecule has 4 aromatic rings. The topological polar surface area (TPSA) is 52.2 Å². The SMILES string of the molecule is CCCCc1ccc(-n2c(C)cc(C=Nn3c(CCCC)nc4ccc(Br)cc4c3=O)c2C)cc1. The van der Waals surface area contributed by atoms with Crippen molar-refractivity contribution < 1.29 is 0 Å². The standard InChI is InChI=1S/C29H33BrN4O/c1-5-7-9-22-11-14-25(15-12-22)33-20(3)17-23(21(33)4)19-31-34-28(10-8-6-2)32-27-16-13-24(30)18-26(27)29(34)35/h11-19H,5-10H2,1-4H3. The summed E-state index contributed by atoms with van der Waals surface area (Å²) >= 11 is 3.47. The van der Waals surface area contributed by atoms with Gasteiger partial charge >= 0.3 is 0 Å². The normalized spacial score (nSPS) is 11.7. The van der Waals surface area contributed by atoms with E-state index in [1.165, 1.54) is 23.1 Å². The first-order valence-corrected chi connectivity index (χ1v) is 13.3. The molecule has 0 aliphatic carbocycles. The molecule has 2 aromatic carbocycles. The quantitative estimate of drug-likeness (QED) is 0.215. The Hall–Kier alpha value is -2.99. The molecule has 6 heteroatoms. The number of hydrogen-bond donors (Lipinski definition) is 0. The number of fused-ring (bicyclic) bond motifs is 1. The Kier molecular flexibility index (Phi) is 8.01. The van der Waals surface area contributed by atoms with Crippen LogP contribution >= 0.6 is 15.9 Å². The first kappa shape index (κ1) is 25.1. The van der Waals surface area contributed by atoms with Gasteiger partial charge in [-0.1, -0.05) is 54.8 Å². The van der Waals surface area contributed by atoms with E-state index in [2.05, 4.69) is 83.6 Å². The Labute approximate surface area is 215 Å². The Morgan fingerprint density at radius 2 is 1.69 bits per heavy atom. The van der Waals surface area contributed by atoms with E-state index in [-0.39, 0.29) is 5.56 Å². The highest BCUT2D eigenvalue weighted by Crippen LogP contribution is 2.21. The van der Waals surface area contributed by atoms with Crippen LogP contribution in [0.4, 0.5) is 0 Å². The fourth-order valence-corrected chi connectivity index (χ4v) is 4.80. The average molecular weight is 534 g/mol. The summed E-state index contributed by atoms with van der Waals surface area (Å²) in [6, 6.07) is 16.5. The maximum Gasteiger partial charge on any atom is 0.282 e. The van der Waals surface area contributed by atoms with Gasteiger partial charge in [-0.2, -0.15) is 9.78 Å². The molecule has 2 heterocycles. The Morgan fingerprint density at radius 3 is 2.40 bits per heavy atom. The third-order valence-electron chi connectivity index (χ3n) is 6.43. The number of hydrogen-bond acceptors (Lipinski definition) is 3. The average Bonchev–Trinajstić information content (AvgIpc) is 3.14. The molecule has 0 bridgehead atoms. The van der Waals surface area contributed by atoms with Crippen LogP contribution in [0.15, 0.2) is 62.9 Å². The molecular formula is C29H33BrN4O. The van der Waals surface area contributed by atoms with Gasteiger partial charge in [-0.3, -0.25) is 4.79 Å². The van der Waals surface area contributed by atoms with Crippen LogP contribution in [-0.4, -0.2) is 20.4 Å². The number of halogens is 1.